The van der Waals surface area contributed by atoms with Crippen LogP contribution in [0.4, 0.5) is 0 Å². The summed E-state index contributed by atoms with van der Waals surface area (Å²) in [6.45, 7) is 2.96. The second-order valence-electron chi connectivity index (χ2n) is 5.71. The summed E-state index contributed by atoms with van der Waals surface area (Å²) < 4.78 is 5.81. The third kappa shape index (κ3) is 4.07. The number of benzene rings is 1. The lowest BCUT2D eigenvalue weighted by molar-refractivity contribution is 0.276. The molecule has 0 aliphatic carbocycles. The van der Waals surface area contributed by atoms with Crippen LogP contribution < -0.4 is 5.73 Å². The molecule has 1 unspecified atom stereocenters. The molecule has 4 nitrogen and oxygen atoms in total. The van der Waals surface area contributed by atoms with Crippen molar-refractivity contribution < 1.29 is 4.42 Å². The largest absolute Gasteiger partial charge is 0.459 e. The summed E-state index contributed by atoms with van der Waals surface area (Å²) in [7, 11) is 6.30. The summed E-state index contributed by atoms with van der Waals surface area (Å²) >= 11 is 0. The first kappa shape index (κ1) is 15.0. The smallest absolute Gasteiger partial charge is 0.134 e. The van der Waals surface area contributed by atoms with Crippen LogP contribution in [0.15, 0.2) is 34.7 Å². The molecule has 4 heteroatoms. The monoisotopic (exact) mass is 275 g/mol. The van der Waals surface area contributed by atoms with Gasteiger partial charge in [-0.1, -0.05) is 18.2 Å². The summed E-state index contributed by atoms with van der Waals surface area (Å²) in [6.07, 6.45) is 1.15. The number of rotatable bonds is 7. The summed E-state index contributed by atoms with van der Waals surface area (Å²) in [4.78, 5) is 4.47. The Bertz CT molecular complexity index is 502. The number of nitrogens with two attached hydrogens (primary N) is 1. The number of likely N-dealkylation sites (N-methyl/N-ethyl adjacent to an activating group) is 1. The van der Waals surface area contributed by atoms with Crippen molar-refractivity contribution in [2.75, 3.05) is 40.8 Å². The topological polar surface area (TPSA) is 45.6 Å². The van der Waals surface area contributed by atoms with Gasteiger partial charge in [-0.2, -0.15) is 0 Å². The normalized spacial score (nSPS) is 13.5. The maximum absolute atomic E-state index is 6.25. The van der Waals surface area contributed by atoms with Gasteiger partial charge in [-0.05, 0) is 52.8 Å². The van der Waals surface area contributed by atoms with E-state index in [1.165, 1.54) is 0 Å². The molecule has 1 aromatic heterocycles. The van der Waals surface area contributed by atoms with Gasteiger partial charge in [-0.25, -0.2) is 0 Å². The SMILES string of the molecule is CN(C)CCCN(C)CC(N)c1cc2ccccc2o1. The van der Waals surface area contributed by atoms with Crippen molar-refractivity contribution in [3.05, 3.63) is 36.1 Å². The molecule has 20 heavy (non-hydrogen) atoms. The van der Waals surface area contributed by atoms with Crippen LogP contribution in [0.25, 0.3) is 11.0 Å². The molecule has 2 aromatic rings. The number of furan rings is 1. The molecule has 0 saturated carbocycles. The van der Waals surface area contributed by atoms with Gasteiger partial charge in [0, 0.05) is 11.9 Å². The number of para-hydroxylation sites is 1. The first-order chi connectivity index (χ1) is 9.56. The minimum absolute atomic E-state index is 0.0771. The Balaban J connectivity index is 1.89. The fourth-order valence-electron chi connectivity index (χ4n) is 2.36. The highest BCUT2D eigenvalue weighted by Crippen LogP contribution is 2.22. The molecule has 0 saturated heterocycles. The van der Waals surface area contributed by atoms with Gasteiger partial charge in [-0.15, -0.1) is 0 Å². The zero-order valence-electron chi connectivity index (χ0n) is 12.7. The molecule has 0 aliphatic heterocycles. The molecule has 0 aliphatic rings. The molecule has 0 radical (unpaired) electrons. The minimum Gasteiger partial charge on any atom is -0.459 e. The number of hydrogen-bond donors (Lipinski definition) is 1. The molecule has 2 rings (SSSR count). The minimum atomic E-state index is -0.0771. The van der Waals surface area contributed by atoms with E-state index >= 15 is 0 Å². The lowest BCUT2D eigenvalue weighted by Gasteiger charge is -2.20. The quantitative estimate of drug-likeness (QED) is 0.842. The van der Waals surface area contributed by atoms with Crippen molar-refractivity contribution >= 4 is 11.0 Å². The van der Waals surface area contributed by atoms with Crippen LogP contribution in [0.5, 0.6) is 0 Å². The molecule has 1 aromatic carbocycles. The van der Waals surface area contributed by atoms with Crippen LogP contribution in [0.3, 0.4) is 0 Å². The molecular formula is C16H25N3O. The van der Waals surface area contributed by atoms with E-state index in [2.05, 4.69) is 37.0 Å². The lowest BCUT2D eigenvalue weighted by atomic mass is 10.2. The summed E-state index contributed by atoms with van der Waals surface area (Å²) in [5, 5.41) is 1.12. The standard InChI is InChI=1S/C16H25N3O/c1-18(2)9-6-10-19(3)12-14(17)16-11-13-7-4-5-8-15(13)20-16/h4-5,7-8,11,14H,6,9-10,12,17H2,1-3H3. The maximum atomic E-state index is 6.25. The van der Waals surface area contributed by atoms with E-state index < -0.39 is 0 Å². The van der Waals surface area contributed by atoms with Gasteiger partial charge >= 0.3 is 0 Å². The Morgan fingerprint density at radius 3 is 2.60 bits per heavy atom. The van der Waals surface area contributed by atoms with E-state index in [1.807, 2.05) is 24.3 Å². The first-order valence-corrected chi connectivity index (χ1v) is 7.13. The Labute approximate surface area is 121 Å². The third-order valence-electron chi connectivity index (χ3n) is 3.46. The van der Waals surface area contributed by atoms with E-state index in [9.17, 15) is 0 Å². The highest BCUT2D eigenvalue weighted by Gasteiger charge is 2.14. The molecule has 1 atom stereocenters. The van der Waals surface area contributed by atoms with E-state index in [1.54, 1.807) is 0 Å². The van der Waals surface area contributed by atoms with Gasteiger partial charge in [0.15, 0.2) is 0 Å². The Kier molecular flexibility index (Phi) is 5.17. The van der Waals surface area contributed by atoms with Crippen molar-refractivity contribution in [1.82, 2.24) is 9.80 Å². The molecule has 1 heterocycles. The van der Waals surface area contributed by atoms with E-state index in [4.69, 9.17) is 10.2 Å². The number of nitrogens with zero attached hydrogens (tertiary/aromatic N) is 2. The number of hydrogen-bond acceptors (Lipinski definition) is 4. The average molecular weight is 275 g/mol. The molecule has 0 amide bonds. The van der Waals surface area contributed by atoms with E-state index in [-0.39, 0.29) is 6.04 Å². The van der Waals surface area contributed by atoms with E-state index in [0.717, 1.165) is 42.8 Å². The van der Waals surface area contributed by atoms with Crippen LogP contribution in [-0.4, -0.2) is 50.6 Å². The second-order valence-corrected chi connectivity index (χ2v) is 5.71. The molecule has 0 spiro atoms. The Morgan fingerprint density at radius 2 is 1.90 bits per heavy atom. The van der Waals surface area contributed by atoms with Crippen molar-refractivity contribution in [2.45, 2.75) is 12.5 Å². The van der Waals surface area contributed by atoms with Crippen molar-refractivity contribution in [1.29, 1.82) is 0 Å². The summed E-state index contributed by atoms with van der Waals surface area (Å²) in [5.41, 5.74) is 7.16. The molecule has 110 valence electrons. The first-order valence-electron chi connectivity index (χ1n) is 7.13. The number of fused-ring (bicyclic) bond motifs is 1. The van der Waals surface area contributed by atoms with Crippen molar-refractivity contribution in [3.63, 3.8) is 0 Å². The fourth-order valence-corrected chi connectivity index (χ4v) is 2.36. The van der Waals surface area contributed by atoms with E-state index in [0.29, 0.717) is 0 Å². The van der Waals surface area contributed by atoms with Crippen molar-refractivity contribution in [2.24, 2.45) is 5.73 Å². The average Bonchev–Trinajstić information content (AvgIpc) is 2.82. The highest BCUT2D eigenvalue weighted by atomic mass is 16.3. The highest BCUT2D eigenvalue weighted by molar-refractivity contribution is 5.77. The van der Waals surface area contributed by atoms with Gasteiger partial charge in [0.1, 0.15) is 11.3 Å². The Morgan fingerprint density at radius 1 is 1.15 bits per heavy atom. The van der Waals surface area contributed by atoms with Gasteiger partial charge in [-0.3, -0.25) is 0 Å². The Hall–Kier alpha value is -1.36. The zero-order valence-corrected chi connectivity index (χ0v) is 12.7. The van der Waals surface area contributed by atoms with Crippen LogP contribution in [0.2, 0.25) is 0 Å². The van der Waals surface area contributed by atoms with Crippen LogP contribution >= 0.6 is 0 Å². The third-order valence-corrected chi connectivity index (χ3v) is 3.46. The fraction of sp³-hybridized carbons (Fsp3) is 0.500. The van der Waals surface area contributed by atoms with Gasteiger partial charge < -0.3 is 20.0 Å². The summed E-state index contributed by atoms with van der Waals surface area (Å²) in [6, 6.07) is 10.00. The van der Waals surface area contributed by atoms with Gasteiger partial charge in [0.05, 0.1) is 6.04 Å². The second kappa shape index (κ2) is 6.88. The van der Waals surface area contributed by atoms with Gasteiger partial charge in [0.2, 0.25) is 0 Å². The van der Waals surface area contributed by atoms with Crippen LogP contribution in [0.1, 0.15) is 18.2 Å². The van der Waals surface area contributed by atoms with Crippen molar-refractivity contribution in [3.8, 4) is 0 Å². The lowest BCUT2D eigenvalue weighted by Crippen LogP contribution is -2.31. The predicted molar refractivity (Wildman–Crippen MR) is 83.8 cm³/mol. The van der Waals surface area contributed by atoms with Gasteiger partial charge in [0.25, 0.3) is 0 Å². The maximum Gasteiger partial charge on any atom is 0.134 e. The zero-order chi connectivity index (χ0) is 14.5. The molecule has 0 fully saturated rings. The van der Waals surface area contributed by atoms with Crippen LogP contribution in [-0.2, 0) is 0 Å². The molecule has 0 bridgehead atoms. The molecule has 2 N–H and O–H groups in total. The predicted octanol–water partition coefficient (Wildman–Crippen LogP) is 2.32. The summed E-state index contributed by atoms with van der Waals surface area (Å²) in [5.74, 6) is 0.866. The van der Waals surface area contributed by atoms with Crippen LogP contribution in [0, 0.1) is 0 Å². The molecular weight excluding hydrogens is 250 g/mol.